The smallest absolute Gasteiger partial charge is 0.229 e. The minimum absolute atomic E-state index is 0.00815. The van der Waals surface area contributed by atoms with Crippen molar-refractivity contribution in [2.24, 2.45) is 5.92 Å². The zero-order chi connectivity index (χ0) is 20.1. The van der Waals surface area contributed by atoms with E-state index < -0.39 is 10.0 Å². The van der Waals surface area contributed by atoms with E-state index >= 15 is 0 Å². The lowest BCUT2D eigenvalue weighted by Crippen LogP contribution is -2.41. The molecule has 0 bridgehead atoms. The van der Waals surface area contributed by atoms with Gasteiger partial charge in [0.2, 0.25) is 21.1 Å². The Kier molecular flexibility index (Phi) is 7.08. The fourth-order valence-electron chi connectivity index (χ4n) is 2.99. The Morgan fingerprint density at radius 2 is 1.93 bits per heavy atom. The second-order valence-electron chi connectivity index (χ2n) is 6.94. The van der Waals surface area contributed by atoms with Crippen LogP contribution in [0.3, 0.4) is 0 Å². The minimum atomic E-state index is -3.37. The first-order valence-electron chi connectivity index (χ1n) is 9.16. The summed E-state index contributed by atoms with van der Waals surface area (Å²) in [5.41, 5.74) is 0.772. The number of nitrogens with one attached hydrogen (secondary N) is 1. The molecule has 1 aliphatic heterocycles. The molecule has 1 amide bonds. The molecule has 1 saturated heterocycles. The van der Waals surface area contributed by atoms with Gasteiger partial charge in [0.05, 0.1) is 5.75 Å². The van der Waals surface area contributed by atoms with E-state index in [-0.39, 0.29) is 17.6 Å². The third kappa shape index (κ3) is 5.76. The number of thioether (sulfide) groups is 1. The van der Waals surface area contributed by atoms with Crippen LogP contribution < -0.4 is 5.32 Å². The van der Waals surface area contributed by atoms with Gasteiger partial charge in [0.25, 0.3) is 0 Å². The summed E-state index contributed by atoms with van der Waals surface area (Å²) in [5.74, 6) is -0.336. The van der Waals surface area contributed by atoms with Crippen LogP contribution in [0.1, 0.15) is 32.3 Å². The molecule has 0 atom stereocenters. The molecule has 3 rings (SSSR count). The van der Waals surface area contributed by atoms with E-state index in [2.05, 4.69) is 29.4 Å². The summed E-state index contributed by atoms with van der Waals surface area (Å²) < 4.78 is 27.6. The Hall–Kier alpha value is -1.49. The number of benzene rings is 1. The van der Waals surface area contributed by atoms with E-state index in [9.17, 15) is 13.2 Å². The summed E-state index contributed by atoms with van der Waals surface area (Å²) in [5, 5.41) is 11.8. The van der Waals surface area contributed by atoms with Crippen LogP contribution in [-0.2, 0) is 20.6 Å². The lowest BCUT2D eigenvalue weighted by molar-refractivity contribution is -0.120. The molecule has 1 fully saturated rings. The maximum absolute atomic E-state index is 12.6. The van der Waals surface area contributed by atoms with Gasteiger partial charge in [-0.1, -0.05) is 67.3 Å². The number of hydrogen-bond acceptors (Lipinski definition) is 7. The van der Waals surface area contributed by atoms with Crippen LogP contribution in [0.25, 0.3) is 0 Å². The highest BCUT2D eigenvalue weighted by Gasteiger charge is 2.31. The summed E-state index contributed by atoms with van der Waals surface area (Å²) in [6.07, 6.45) is 1.01. The van der Waals surface area contributed by atoms with E-state index in [1.54, 1.807) is 11.8 Å². The van der Waals surface area contributed by atoms with Gasteiger partial charge in [-0.2, -0.15) is 0 Å². The molecule has 0 saturated carbocycles. The van der Waals surface area contributed by atoms with Gasteiger partial charge in [-0.05, 0) is 18.4 Å². The molecule has 0 unspecified atom stereocenters. The molecule has 2 aromatic rings. The summed E-state index contributed by atoms with van der Waals surface area (Å²) in [6, 6.07) is 9.15. The van der Waals surface area contributed by atoms with E-state index in [1.807, 2.05) is 30.3 Å². The van der Waals surface area contributed by atoms with Crippen LogP contribution in [-0.4, -0.2) is 47.2 Å². The zero-order valence-corrected chi connectivity index (χ0v) is 18.3. The van der Waals surface area contributed by atoms with E-state index in [1.165, 1.54) is 15.6 Å². The summed E-state index contributed by atoms with van der Waals surface area (Å²) in [7, 11) is -3.37. The van der Waals surface area contributed by atoms with Crippen molar-refractivity contribution in [1.82, 2.24) is 14.5 Å². The molecule has 2 heterocycles. The van der Waals surface area contributed by atoms with Gasteiger partial charge >= 0.3 is 0 Å². The molecule has 1 aromatic heterocycles. The number of aromatic nitrogens is 2. The molecule has 0 spiro atoms. The van der Waals surface area contributed by atoms with Crippen molar-refractivity contribution in [3.8, 4) is 0 Å². The Morgan fingerprint density at radius 1 is 1.25 bits per heavy atom. The Balaban J connectivity index is 1.51. The molecule has 1 aromatic carbocycles. The fraction of sp³-hybridized carbons (Fsp3) is 0.500. The molecule has 1 aliphatic rings. The lowest BCUT2D eigenvalue weighted by atomic mass is 9.97. The molecule has 10 heteroatoms. The Bertz CT molecular complexity index is 892. The monoisotopic (exact) mass is 440 g/mol. The molecular formula is C18H24N4O3S3. The average Bonchev–Trinajstić information content (AvgIpc) is 3.08. The van der Waals surface area contributed by atoms with Gasteiger partial charge in [-0.15, -0.1) is 10.2 Å². The summed E-state index contributed by atoms with van der Waals surface area (Å²) >= 11 is 2.97. The van der Waals surface area contributed by atoms with Crippen LogP contribution in [0.2, 0.25) is 0 Å². The number of carbonyl (C=O) groups excluding carboxylic acids is 1. The van der Waals surface area contributed by atoms with Crippen molar-refractivity contribution >= 4 is 44.2 Å². The predicted octanol–water partition coefficient (Wildman–Crippen LogP) is 3.22. The maximum Gasteiger partial charge on any atom is 0.229 e. The fourth-order valence-corrected chi connectivity index (χ4v) is 6.53. The number of hydrogen-bond donors (Lipinski definition) is 1. The number of piperidine rings is 1. The number of sulfonamides is 1. The van der Waals surface area contributed by atoms with Crippen molar-refractivity contribution in [2.45, 2.75) is 42.0 Å². The zero-order valence-electron chi connectivity index (χ0n) is 15.9. The number of anilines is 1. The lowest BCUT2D eigenvalue weighted by Gasteiger charge is -2.30. The maximum atomic E-state index is 12.6. The van der Waals surface area contributed by atoms with Gasteiger partial charge < -0.3 is 5.32 Å². The normalized spacial score (nSPS) is 16.4. The van der Waals surface area contributed by atoms with Crippen molar-refractivity contribution in [1.29, 1.82) is 0 Å². The highest BCUT2D eigenvalue weighted by Crippen LogP contribution is 2.29. The summed E-state index contributed by atoms with van der Waals surface area (Å²) in [6.45, 7) is 4.86. The quantitative estimate of drug-likeness (QED) is 0.525. The van der Waals surface area contributed by atoms with Crippen molar-refractivity contribution in [3.63, 3.8) is 0 Å². The van der Waals surface area contributed by atoms with E-state index in [0.717, 1.165) is 9.90 Å². The van der Waals surface area contributed by atoms with Crippen molar-refractivity contribution in [2.75, 3.05) is 18.4 Å². The van der Waals surface area contributed by atoms with Crippen LogP contribution in [0.5, 0.6) is 0 Å². The van der Waals surface area contributed by atoms with Gasteiger partial charge in [-0.3, -0.25) is 4.79 Å². The first-order valence-corrected chi connectivity index (χ1v) is 12.5. The molecule has 1 N–H and O–H groups in total. The largest absolute Gasteiger partial charge is 0.300 e. The molecule has 7 nitrogen and oxygen atoms in total. The topological polar surface area (TPSA) is 92.3 Å². The third-order valence-corrected chi connectivity index (χ3v) is 8.16. The van der Waals surface area contributed by atoms with E-state index in [4.69, 9.17) is 0 Å². The first kappa shape index (κ1) is 21.2. The van der Waals surface area contributed by atoms with Gasteiger partial charge in [-0.25, -0.2) is 12.7 Å². The van der Waals surface area contributed by atoms with Crippen LogP contribution in [0.15, 0.2) is 34.7 Å². The Labute approximate surface area is 174 Å². The Morgan fingerprint density at radius 3 is 2.57 bits per heavy atom. The van der Waals surface area contributed by atoms with Gasteiger partial charge in [0, 0.05) is 24.3 Å². The molecule has 28 heavy (non-hydrogen) atoms. The van der Waals surface area contributed by atoms with Crippen molar-refractivity contribution < 1.29 is 13.2 Å². The standard InChI is InChI=1S/C18H24N4O3S3/c1-13(2)26-18-21-20-17(27-18)19-16(23)15-8-10-22(11-9-15)28(24,25)12-14-6-4-3-5-7-14/h3-7,13,15H,8-12H2,1-2H3,(H,19,20,23). The molecule has 152 valence electrons. The van der Waals surface area contributed by atoms with Crippen LogP contribution in [0, 0.1) is 5.92 Å². The highest BCUT2D eigenvalue weighted by atomic mass is 32.2. The van der Waals surface area contributed by atoms with Gasteiger partial charge in [0.15, 0.2) is 4.34 Å². The first-order chi connectivity index (χ1) is 13.3. The number of amides is 1. The predicted molar refractivity (Wildman–Crippen MR) is 113 cm³/mol. The van der Waals surface area contributed by atoms with Crippen LogP contribution in [0.4, 0.5) is 5.13 Å². The number of nitrogens with zero attached hydrogens (tertiary/aromatic N) is 3. The van der Waals surface area contributed by atoms with E-state index in [0.29, 0.717) is 36.3 Å². The SMILES string of the molecule is CC(C)Sc1nnc(NC(=O)C2CCN(S(=O)(=O)Cc3ccccc3)CC2)s1. The average molecular weight is 441 g/mol. The second kappa shape index (κ2) is 9.34. The molecule has 0 radical (unpaired) electrons. The minimum Gasteiger partial charge on any atom is -0.300 e. The molecule has 0 aliphatic carbocycles. The summed E-state index contributed by atoms with van der Waals surface area (Å²) in [4.78, 5) is 12.5. The molecular weight excluding hydrogens is 416 g/mol. The third-order valence-electron chi connectivity index (χ3n) is 4.38. The van der Waals surface area contributed by atoms with Gasteiger partial charge in [0.1, 0.15) is 0 Å². The number of carbonyl (C=O) groups is 1. The number of rotatable bonds is 7. The highest BCUT2D eigenvalue weighted by molar-refractivity contribution is 8.01. The van der Waals surface area contributed by atoms with Crippen LogP contribution >= 0.6 is 23.1 Å². The van der Waals surface area contributed by atoms with Crippen molar-refractivity contribution in [3.05, 3.63) is 35.9 Å². The second-order valence-corrected chi connectivity index (χ2v) is 11.7.